The van der Waals surface area contributed by atoms with Crippen molar-refractivity contribution < 1.29 is 9.84 Å². The fourth-order valence-electron chi connectivity index (χ4n) is 1.22. The predicted molar refractivity (Wildman–Crippen MR) is 67.3 cm³/mol. The number of benzene rings is 2. The molecular weight excluding hydrogens is 291 g/mol. The molecule has 2 aromatic carbocycles. The van der Waals surface area contributed by atoms with Crippen molar-refractivity contribution in [2.24, 2.45) is 0 Å². The Labute approximate surface area is 107 Å². The molecule has 82 valence electrons. The highest BCUT2D eigenvalue weighted by atomic mass is 79.9. The van der Waals surface area contributed by atoms with Crippen molar-refractivity contribution in [3.8, 4) is 17.2 Å². The summed E-state index contributed by atoms with van der Waals surface area (Å²) in [6.45, 7) is 0. The van der Waals surface area contributed by atoms with E-state index in [1.165, 1.54) is 0 Å². The average molecular weight is 300 g/mol. The molecule has 0 unspecified atom stereocenters. The molecule has 1 N–H and O–H groups in total. The molecule has 0 radical (unpaired) electrons. The number of halogens is 2. The number of phenols is 1. The average Bonchev–Trinajstić information content (AvgIpc) is 2.24. The van der Waals surface area contributed by atoms with Crippen LogP contribution in [0.25, 0.3) is 0 Å². The van der Waals surface area contributed by atoms with Crippen LogP contribution in [-0.2, 0) is 0 Å². The normalized spacial score (nSPS) is 10.1. The highest BCUT2D eigenvalue weighted by molar-refractivity contribution is 9.10. The molecule has 0 aliphatic heterocycles. The van der Waals surface area contributed by atoms with Gasteiger partial charge in [-0.2, -0.15) is 0 Å². The Balaban J connectivity index is 2.24. The fourth-order valence-corrected chi connectivity index (χ4v) is 1.76. The summed E-state index contributed by atoms with van der Waals surface area (Å²) in [5, 5.41) is 9.95. The molecule has 0 aromatic heterocycles. The zero-order chi connectivity index (χ0) is 11.5. The Morgan fingerprint density at radius 1 is 1.06 bits per heavy atom. The number of rotatable bonds is 2. The van der Waals surface area contributed by atoms with E-state index in [1.807, 2.05) is 12.1 Å². The first-order valence-electron chi connectivity index (χ1n) is 4.57. The smallest absolute Gasteiger partial charge is 0.130 e. The van der Waals surface area contributed by atoms with Crippen molar-refractivity contribution in [2.75, 3.05) is 0 Å². The summed E-state index contributed by atoms with van der Waals surface area (Å²) in [6.07, 6.45) is 0. The molecule has 2 nitrogen and oxygen atoms in total. The monoisotopic (exact) mass is 298 g/mol. The van der Waals surface area contributed by atoms with Crippen molar-refractivity contribution in [3.63, 3.8) is 0 Å². The molecule has 0 spiro atoms. The van der Waals surface area contributed by atoms with Crippen LogP contribution in [-0.4, -0.2) is 5.11 Å². The lowest BCUT2D eigenvalue weighted by molar-refractivity contribution is 0.461. The molecule has 0 heterocycles. The minimum atomic E-state index is 0.179. The summed E-state index contributed by atoms with van der Waals surface area (Å²) in [5.74, 6) is 1.47. The Morgan fingerprint density at radius 2 is 1.81 bits per heavy atom. The van der Waals surface area contributed by atoms with Crippen LogP contribution in [0.3, 0.4) is 0 Å². The lowest BCUT2D eigenvalue weighted by Crippen LogP contribution is -1.83. The predicted octanol–water partition coefficient (Wildman–Crippen LogP) is 4.60. The van der Waals surface area contributed by atoms with Crippen LogP contribution in [0.2, 0.25) is 5.02 Å². The van der Waals surface area contributed by atoms with E-state index in [1.54, 1.807) is 30.3 Å². The quantitative estimate of drug-likeness (QED) is 0.878. The summed E-state index contributed by atoms with van der Waals surface area (Å²) >= 11 is 9.06. The molecule has 4 heteroatoms. The van der Waals surface area contributed by atoms with E-state index in [0.29, 0.717) is 21.0 Å². The van der Waals surface area contributed by atoms with Crippen molar-refractivity contribution in [2.45, 2.75) is 0 Å². The van der Waals surface area contributed by atoms with Crippen LogP contribution in [0, 0.1) is 0 Å². The minimum Gasteiger partial charge on any atom is -0.507 e. The Bertz CT molecular complexity index is 514. The Kier molecular flexibility index (Phi) is 3.36. The van der Waals surface area contributed by atoms with Gasteiger partial charge in [-0.15, -0.1) is 0 Å². The summed E-state index contributed by atoms with van der Waals surface area (Å²) in [6, 6.07) is 12.1. The van der Waals surface area contributed by atoms with Gasteiger partial charge < -0.3 is 9.84 Å². The first-order valence-corrected chi connectivity index (χ1v) is 5.74. The number of aromatic hydroxyl groups is 1. The zero-order valence-corrected chi connectivity index (χ0v) is 10.5. The largest absolute Gasteiger partial charge is 0.507 e. The molecule has 0 bridgehead atoms. The lowest BCUT2D eigenvalue weighted by Gasteiger charge is -2.06. The maximum atomic E-state index is 9.33. The highest BCUT2D eigenvalue weighted by Crippen LogP contribution is 2.31. The SMILES string of the molecule is Oc1ccc(Oc2cccc(Cl)c2)cc1Br. The standard InChI is InChI=1S/C12H8BrClO2/c13-11-7-10(4-5-12(11)15)16-9-3-1-2-8(14)6-9/h1-7,15H. The number of hydrogen-bond acceptors (Lipinski definition) is 2. The third kappa shape index (κ3) is 2.68. The van der Waals surface area contributed by atoms with Gasteiger partial charge in [-0.3, -0.25) is 0 Å². The van der Waals surface area contributed by atoms with E-state index in [9.17, 15) is 5.11 Å². The third-order valence-corrected chi connectivity index (χ3v) is 2.82. The van der Waals surface area contributed by atoms with Crippen molar-refractivity contribution >= 4 is 27.5 Å². The van der Waals surface area contributed by atoms with E-state index in [4.69, 9.17) is 16.3 Å². The van der Waals surface area contributed by atoms with Crippen molar-refractivity contribution in [1.29, 1.82) is 0 Å². The second-order valence-corrected chi connectivity index (χ2v) is 4.46. The van der Waals surface area contributed by atoms with Gasteiger partial charge in [0.25, 0.3) is 0 Å². The molecule has 0 aliphatic rings. The van der Waals surface area contributed by atoms with E-state index in [0.717, 1.165) is 0 Å². The molecule has 0 amide bonds. The second kappa shape index (κ2) is 4.76. The molecule has 0 fully saturated rings. The van der Waals surface area contributed by atoms with Gasteiger partial charge >= 0.3 is 0 Å². The highest BCUT2D eigenvalue weighted by Gasteiger charge is 2.02. The van der Waals surface area contributed by atoms with Gasteiger partial charge in [0.15, 0.2) is 0 Å². The van der Waals surface area contributed by atoms with Crippen molar-refractivity contribution in [3.05, 3.63) is 52.0 Å². The van der Waals surface area contributed by atoms with Gasteiger partial charge in [0, 0.05) is 5.02 Å². The molecule has 2 aromatic rings. The first kappa shape index (κ1) is 11.3. The Morgan fingerprint density at radius 3 is 2.50 bits per heavy atom. The van der Waals surface area contributed by atoms with Crippen LogP contribution in [0.5, 0.6) is 17.2 Å². The number of hydrogen-bond donors (Lipinski definition) is 1. The zero-order valence-electron chi connectivity index (χ0n) is 8.15. The summed E-state index contributed by atoms with van der Waals surface area (Å²) in [5.41, 5.74) is 0. The third-order valence-electron chi connectivity index (χ3n) is 1.95. The first-order chi connectivity index (χ1) is 7.65. The molecular formula is C12H8BrClO2. The minimum absolute atomic E-state index is 0.179. The van der Waals surface area contributed by atoms with Crippen LogP contribution in [0.1, 0.15) is 0 Å². The Hall–Kier alpha value is -1.19. The van der Waals surface area contributed by atoms with Gasteiger partial charge in [0.05, 0.1) is 4.47 Å². The molecule has 2 rings (SSSR count). The summed E-state index contributed by atoms with van der Waals surface area (Å²) in [7, 11) is 0. The molecule has 0 aliphatic carbocycles. The van der Waals surface area contributed by atoms with E-state index in [2.05, 4.69) is 15.9 Å². The fraction of sp³-hybridized carbons (Fsp3) is 0. The van der Waals surface area contributed by atoms with E-state index >= 15 is 0 Å². The lowest BCUT2D eigenvalue weighted by atomic mass is 10.3. The molecule has 0 atom stereocenters. The molecule has 0 saturated heterocycles. The van der Waals surface area contributed by atoms with Gasteiger partial charge in [-0.25, -0.2) is 0 Å². The van der Waals surface area contributed by atoms with Crippen molar-refractivity contribution in [1.82, 2.24) is 0 Å². The van der Waals surface area contributed by atoms with Gasteiger partial charge in [0.2, 0.25) is 0 Å². The van der Waals surface area contributed by atoms with Crippen LogP contribution in [0.4, 0.5) is 0 Å². The summed E-state index contributed by atoms with van der Waals surface area (Å²) < 4.78 is 6.16. The second-order valence-electron chi connectivity index (χ2n) is 3.17. The van der Waals surface area contributed by atoms with Crippen LogP contribution in [0.15, 0.2) is 46.9 Å². The van der Waals surface area contributed by atoms with E-state index < -0.39 is 0 Å². The maximum Gasteiger partial charge on any atom is 0.130 e. The number of ether oxygens (including phenoxy) is 1. The topological polar surface area (TPSA) is 29.5 Å². The maximum absolute atomic E-state index is 9.33. The van der Waals surface area contributed by atoms with Gasteiger partial charge in [0.1, 0.15) is 17.2 Å². The van der Waals surface area contributed by atoms with Crippen LogP contribution >= 0.6 is 27.5 Å². The summed E-state index contributed by atoms with van der Waals surface area (Å²) in [4.78, 5) is 0. The molecule has 0 saturated carbocycles. The van der Waals surface area contributed by atoms with E-state index in [-0.39, 0.29) is 5.75 Å². The molecule has 16 heavy (non-hydrogen) atoms. The van der Waals surface area contributed by atoms with Gasteiger partial charge in [-0.1, -0.05) is 17.7 Å². The number of phenolic OH excluding ortho intramolecular Hbond substituents is 1. The van der Waals surface area contributed by atoms with Crippen LogP contribution < -0.4 is 4.74 Å². The van der Waals surface area contributed by atoms with Gasteiger partial charge in [-0.05, 0) is 52.3 Å².